The van der Waals surface area contributed by atoms with Gasteiger partial charge in [0.15, 0.2) is 5.58 Å². The number of hydrogen-bond donors (Lipinski definition) is 1. The van der Waals surface area contributed by atoms with Crippen molar-refractivity contribution in [3.8, 4) is 11.5 Å². The first-order valence-corrected chi connectivity index (χ1v) is 8.70. The average molecular weight is 371 g/mol. The van der Waals surface area contributed by atoms with Gasteiger partial charge in [0, 0.05) is 11.6 Å². The van der Waals surface area contributed by atoms with Crippen LogP contribution in [0.25, 0.3) is 11.1 Å². The molecule has 0 aliphatic carbocycles. The highest BCUT2D eigenvalue weighted by molar-refractivity contribution is 7.99. The molecule has 0 unspecified atom stereocenters. The van der Waals surface area contributed by atoms with Crippen LogP contribution in [0.2, 0.25) is 0 Å². The van der Waals surface area contributed by atoms with Crippen molar-refractivity contribution in [1.29, 1.82) is 0 Å². The van der Waals surface area contributed by atoms with E-state index >= 15 is 0 Å². The van der Waals surface area contributed by atoms with Crippen molar-refractivity contribution in [2.75, 3.05) is 20.0 Å². The predicted molar refractivity (Wildman–Crippen MR) is 100 cm³/mol. The number of carbonyl (C=O) groups excluding carboxylic acids is 1. The van der Waals surface area contributed by atoms with E-state index in [4.69, 9.17) is 13.9 Å². The van der Waals surface area contributed by atoms with Gasteiger partial charge in [-0.3, -0.25) is 4.79 Å². The van der Waals surface area contributed by atoms with Crippen LogP contribution in [0.15, 0.2) is 57.2 Å². The largest absolute Gasteiger partial charge is 0.497 e. The van der Waals surface area contributed by atoms with Gasteiger partial charge in [-0.2, -0.15) is 5.10 Å². The van der Waals surface area contributed by atoms with Crippen LogP contribution in [0.4, 0.5) is 0 Å². The third-order valence-corrected chi connectivity index (χ3v) is 4.26. The van der Waals surface area contributed by atoms with Gasteiger partial charge in [-0.05, 0) is 24.3 Å². The molecule has 134 valence electrons. The van der Waals surface area contributed by atoms with E-state index in [9.17, 15) is 4.79 Å². The number of methoxy groups -OCH3 is 2. The summed E-state index contributed by atoms with van der Waals surface area (Å²) in [6.45, 7) is 0. The number of oxazole rings is 1. The molecular formula is C18H17N3O4S. The smallest absolute Gasteiger partial charge is 0.257 e. The topological polar surface area (TPSA) is 86.0 Å². The average Bonchev–Trinajstić information content (AvgIpc) is 3.09. The molecular weight excluding hydrogens is 354 g/mol. The highest BCUT2D eigenvalue weighted by atomic mass is 32.2. The fourth-order valence-corrected chi connectivity index (χ4v) is 2.80. The maximum absolute atomic E-state index is 11.9. The predicted octanol–water partition coefficient (Wildman–Crippen LogP) is 3.09. The number of nitrogens with one attached hydrogen (secondary N) is 1. The maximum Gasteiger partial charge on any atom is 0.257 e. The molecule has 3 rings (SSSR count). The molecule has 1 N–H and O–H groups in total. The fraction of sp³-hybridized carbons (Fsp3) is 0.167. The van der Waals surface area contributed by atoms with E-state index in [1.165, 1.54) is 18.0 Å². The van der Waals surface area contributed by atoms with Crippen molar-refractivity contribution in [2.24, 2.45) is 5.10 Å². The Hall–Kier alpha value is -3.00. The summed E-state index contributed by atoms with van der Waals surface area (Å²) in [5.74, 6) is 1.16. The van der Waals surface area contributed by atoms with E-state index in [0.29, 0.717) is 22.3 Å². The third-order valence-electron chi connectivity index (χ3n) is 3.43. The van der Waals surface area contributed by atoms with Gasteiger partial charge in [0.2, 0.25) is 0 Å². The van der Waals surface area contributed by atoms with Gasteiger partial charge in [0.05, 0.1) is 26.2 Å². The first-order chi connectivity index (χ1) is 12.7. The Bertz CT molecular complexity index is 906. The zero-order valence-electron chi connectivity index (χ0n) is 14.3. The van der Waals surface area contributed by atoms with Gasteiger partial charge in [-0.25, -0.2) is 10.4 Å². The lowest BCUT2D eigenvalue weighted by Crippen LogP contribution is -2.19. The number of hydrazone groups is 1. The van der Waals surface area contributed by atoms with Gasteiger partial charge in [0.25, 0.3) is 11.1 Å². The Balaban J connectivity index is 1.54. The molecule has 26 heavy (non-hydrogen) atoms. The van der Waals surface area contributed by atoms with Crippen LogP contribution >= 0.6 is 11.8 Å². The summed E-state index contributed by atoms with van der Waals surface area (Å²) in [5.41, 5.74) is 4.65. The number of hydrogen-bond acceptors (Lipinski definition) is 7. The summed E-state index contributed by atoms with van der Waals surface area (Å²) in [6.07, 6.45) is 1.51. The number of carbonyl (C=O) groups is 1. The summed E-state index contributed by atoms with van der Waals surface area (Å²) in [6, 6.07) is 12.8. The standard InChI is InChI=1S/C18H17N3O4S/c1-23-13-8-7-12(16(9-13)24-2)10-19-21-17(22)11-26-18-20-14-5-3-4-6-15(14)25-18/h3-10H,11H2,1-2H3,(H,21,22). The quantitative estimate of drug-likeness (QED) is 0.390. The Kier molecular flexibility index (Phi) is 5.75. The number of benzene rings is 2. The third kappa shape index (κ3) is 4.34. The van der Waals surface area contributed by atoms with Crippen LogP contribution in [0.1, 0.15) is 5.56 Å². The first-order valence-electron chi connectivity index (χ1n) is 7.72. The Labute approximate surface area is 154 Å². The van der Waals surface area contributed by atoms with Crippen molar-refractivity contribution >= 4 is 35.0 Å². The van der Waals surface area contributed by atoms with Gasteiger partial charge in [-0.15, -0.1) is 0 Å². The molecule has 0 saturated heterocycles. The number of ether oxygens (including phenoxy) is 2. The van der Waals surface area contributed by atoms with Crippen LogP contribution in [0, 0.1) is 0 Å². The highest BCUT2D eigenvalue weighted by Crippen LogP contribution is 2.24. The molecule has 0 fully saturated rings. The normalized spacial score (nSPS) is 11.0. The molecule has 1 aromatic heterocycles. The summed E-state index contributed by atoms with van der Waals surface area (Å²) >= 11 is 1.21. The number of rotatable bonds is 7. The van der Waals surface area contributed by atoms with Crippen molar-refractivity contribution in [2.45, 2.75) is 5.22 Å². The van der Waals surface area contributed by atoms with E-state index < -0.39 is 0 Å². The first kappa shape index (κ1) is 17.8. The van der Waals surface area contributed by atoms with E-state index in [1.807, 2.05) is 24.3 Å². The number of fused-ring (bicyclic) bond motifs is 1. The number of para-hydroxylation sites is 2. The number of thioether (sulfide) groups is 1. The van der Waals surface area contributed by atoms with Crippen molar-refractivity contribution < 1.29 is 18.7 Å². The number of nitrogens with zero attached hydrogens (tertiary/aromatic N) is 2. The van der Waals surface area contributed by atoms with Crippen molar-refractivity contribution in [1.82, 2.24) is 10.4 Å². The van der Waals surface area contributed by atoms with E-state index in [1.54, 1.807) is 32.4 Å². The minimum Gasteiger partial charge on any atom is -0.497 e. The SMILES string of the molecule is COc1ccc(C=NNC(=O)CSc2nc3ccccc3o2)c(OC)c1. The van der Waals surface area contributed by atoms with E-state index in [0.717, 1.165) is 11.1 Å². The molecule has 0 bridgehead atoms. The highest BCUT2D eigenvalue weighted by Gasteiger charge is 2.08. The monoisotopic (exact) mass is 371 g/mol. The van der Waals surface area contributed by atoms with Crippen LogP contribution < -0.4 is 14.9 Å². The Morgan fingerprint density at radius 3 is 2.88 bits per heavy atom. The fourth-order valence-electron chi connectivity index (χ4n) is 2.17. The Morgan fingerprint density at radius 1 is 1.27 bits per heavy atom. The molecule has 0 aliphatic rings. The lowest BCUT2D eigenvalue weighted by Gasteiger charge is -2.06. The lowest BCUT2D eigenvalue weighted by molar-refractivity contribution is -0.118. The number of amides is 1. The number of aromatic nitrogens is 1. The molecule has 1 heterocycles. The Morgan fingerprint density at radius 2 is 2.12 bits per heavy atom. The molecule has 2 aromatic carbocycles. The zero-order chi connectivity index (χ0) is 18.4. The van der Waals surface area contributed by atoms with Crippen LogP contribution in [0.5, 0.6) is 11.5 Å². The molecule has 1 amide bonds. The van der Waals surface area contributed by atoms with Gasteiger partial charge in [-0.1, -0.05) is 23.9 Å². The van der Waals surface area contributed by atoms with Gasteiger partial charge in [0.1, 0.15) is 17.0 Å². The summed E-state index contributed by atoms with van der Waals surface area (Å²) in [5, 5.41) is 4.40. The second kappa shape index (κ2) is 8.39. The molecule has 3 aromatic rings. The van der Waals surface area contributed by atoms with Crippen LogP contribution in [0.3, 0.4) is 0 Å². The minimum absolute atomic E-state index is 0.143. The second-order valence-electron chi connectivity index (χ2n) is 5.14. The molecule has 0 saturated carbocycles. The summed E-state index contributed by atoms with van der Waals surface area (Å²) in [7, 11) is 3.14. The molecule has 7 nitrogen and oxygen atoms in total. The summed E-state index contributed by atoms with van der Waals surface area (Å²) in [4.78, 5) is 16.2. The molecule has 0 radical (unpaired) electrons. The molecule has 0 spiro atoms. The van der Waals surface area contributed by atoms with Gasteiger partial charge < -0.3 is 13.9 Å². The van der Waals surface area contributed by atoms with E-state index in [2.05, 4.69) is 15.5 Å². The van der Waals surface area contributed by atoms with Crippen molar-refractivity contribution in [3.05, 3.63) is 48.0 Å². The van der Waals surface area contributed by atoms with Crippen LogP contribution in [-0.4, -0.2) is 37.1 Å². The van der Waals surface area contributed by atoms with Gasteiger partial charge >= 0.3 is 0 Å². The maximum atomic E-state index is 11.9. The zero-order valence-corrected chi connectivity index (χ0v) is 15.1. The minimum atomic E-state index is -0.263. The van der Waals surface area contributed by atoms with Crippen molar-refractivity contribution in [3.63, 3.8) is 0 Å². The molecule has 0 aliphatic heterocycles. The second-order valence-corrected chi connectivity index (χ2v) is 6.06. The molecule has 8 heteroatoms. The van der Waals surface area contributed by atoms with E-state index in [-0.39, 0.29) is 11.7 Å². The lowest BCUT2D eigenvalue weighted by atomic mass is 10.2. The summed E-state index contributed by atoms with van der Waals surface area (Å²) < 4.78 is 16.0. The molecule has 0 atom stereocenters. The van der Waals surface area contributed by atoms with Crippen LogP contribution in [-0.2, 0) is 4.79 Å².